The molecule has 2 amide bonds. The Labute approximate surface area is 107 Å². The molecule has 6 nitrogen and oxygen atoms in total. The Morgan fingerprint density at radius 1 is 1.37 bits per heavy atom. The minimum Gasteiger partial charge on any atom is -0.448 e. The molecule has 4 N–H and O–H groups in total. The molecule has 1 saturated heterocycles. The summed E-state index contributed by atoms with van der Waals surface area (Å²) in [5, 5.41) is 5.01. The van der Waals surface area contributed by atoms with Gasteiger partial charge in [-0.15, -0.1) is 0 Å². The average molecular weight is 283 g/mol. The summed E-state index contributed by atoms with van der Waals surface area (Å²) >= 11 is 0. The topological polar surface area (TPSA) is 93.5 Å². The molecule has 19 heavy (non-hydrogen) atoms. The van der Waals surface area contributed by atoms with E-state index < -0.39 is 30.1 Å². The first-order valence-electron chi connectivity index (χ1n) is 5.80. The van der Waals surface area contributed by atoms with Crippen LogP contribution in [-0.2, 0) is 9.53 Å². The molecule has 1 fully saturated rings. The van der Waals surface area contributed by atoms with Crippen molar-refractivity contribution in [3.05, 3.63) is 0 Å². The van der Waals surface area contributed by atoms with Crippen molar-refractivity contribution in [2.45, 2.75) is 25.1 Å². The zero-order chi connectivity index (χ0) is 14.5. The first kappa shape index (κ1) is 15.5. The van der Waals surface area contributed by atoms with Crippen molar-refractivity contribution in [1.29, 1.82) is 0 Å². The Hall–Kier alpha value is -1.51. The monoisotopic (exact) mass is 283 g/mol. The number of ether oxygens (including phenoxy) is 1. The van der Waals surface area contributed by atoms with E-state index in [0.717, 1.165) is 0 Å². The molecule has 0 aliphatic carbocycles. The van der Waals surface area contributed by atoms with Gasteiger partial charge < -0.3 is 21.1 Å². The third kappa shape index (κ3) is 5.33. The number of rotatable bonds is 4. The highest BCUT2D eigenvalue weighted by Crippen LogP contribution is 2.31. The SMILES string of the molecule is NC(=O)OCCNC(=O)C1CCC(C(F)(F)F)CN1. The number of primary amides is 1. The largest absolute Gasteiger partial charge is 0.448 e. The number of nitrogens with one attached hydrogen (secondary N) is 2. The minimum absolute atomic E-state index is 0.0705. The van der Waals surface area contributed by atoms with Gasteiger partial charge in [-0.25, -0.2) is 4.79 Å². The lowest BCUT2D eigenvalue weighted by molar-refractivity contribution is -0.180. The molecule has 9 heteroatoms. The number of carbonyl (C=O) groups excluding carboxylic acids is 2. The predicted octanol–water partition coefficient (Wildman–Crippen LogP) is 0.128. The van der Waals surface area contributed by atoms with Crippen molar-refractivity contribution in [2.75, 3.05) is 19.7 Å². The summed E-state index contributed by atoms with van der Waals surface area (Å²) in [6.45, 7) is -0.263. The number of amides is 2. The van der Waals surface area contributed by atoms with Gasteiger partial charge in [-0.3, -0.25) is 4.79 Å². The number of carbonyl (C=O) groups is 2. The Balaban J connectivity index is 2.23. The van der Waals surface area contributed by atoms with E-state index in [-0.39, 0.29) is 32.5 Å². The van der Waals surface area contributed by atoms with Crippen molar-refractivity contribution >= 4 is 12.0 Å². The number of hydrogen-bond acceptors (Lipinski definition) is 4. The number of alkyl halides is 3. The molecule has 2 unspecified atom stereocenters. The van der Waals surface area contributed by atoms with Crippen molar-refractivity contribution < 1.29 is 27.5 Å². The average Bonchev–Trinajstić information content (AvgIpc) is 2.33. The lowest BCUT2D eigenvalue weighted by atomic mass is 9.94. The van der Waals surface area contributed by atoms with Gasteiger partial charge in [-0.1, -0.05) is 0 Å². The van der Waals surface area contributed by atoms with Crippen LogP contribution in [0.15, 0.2) is 0 Å². The van der Waals surface area contributed by atoms with Crippen LogP contribution in [0.1, 0.15) is 12.8 Å². The van der Waals surface area contributed by atoms with E-state index in [9.17, 15) is 22.8 Å². The van der Waals surface area contributed by atoms with E-state index in [1.54, 1.807) is 0 Å². The first-order chi connectivity index (χ1) is 8.80. The molecule has 1 aliphatic rings. The molecule has 0 radical (unpaired) electrons. The molecule has 2 atom stereocenters. The molecule has 1 rings (SSSR count). The van der Waals surface area contributed by atoms with Crippen LogP contribution in [0.5, 0.6) is 0 Å². The second-order valence-corrected chi connectivity index (χ2v) is 4.24. The van der Waals surface area contributed by atoms with Gasteiger partial charge in [0.05, 0.1) is 18.5 Å². The summed E-state index contributed by atoms with van der Waals surface area (Å²) in [5.74, 6) is -1.82. The summed E-state index contributed by atoms with van der Waals surface area (Å²) in [6.07, 6.45) is -5.14. The van der Waals surface area contributed by atoms with E-state index in [1.165, 1.54) is 0 Å². The summed E-state index contributed by atoms with van der Waals surface area (Å²) in [4.78, 5) is 21.8. The van der Waals surface area contributed by atoms with Gasteiger partial charge in [-0.2, -0.15) is 13.2 Å². The van der Waals surface area contributed by atoms with Crippen LogP contribution < -0.4 is 16.4 Å². The third-order valence-electron chi connectivity index (χ3n) is 2.84. The van der Waals surface area contributed by atoms with E-state index in [0.29, 0.717) is 0 Å². The van der Waals surface area contributed by atoms with Crippen molar-refractivity contribution in [1.82, 2.24) is 10.6 Å². The molecule has 1 heterocycles. The Morgan fingerprint density at radius 3 is 2.53 bits per heavy atom. The van der Waals surface area contributed by atoms with E-state index >= 15 is 0 Å². The highest BCUT2D eigenvalue weighted by atomic mass is 19.4. The van der Waals surface area contributed by atoms with Gasteiger partial charge in [0.15, 0.2) is 0 Å². The van der Waals surface area contributed by atoms with Crippen LogP contribution in [0.25, 0.3) is 0 Å². The van der Waals surface area contributed by atoms with Gasteiger partial charge in [0.1, 0.15) is 6.61 Å². The molecule has 0 saturated carbocycles. The van der Waals surface area contributed by atoms with Crippen molar-refractivity contribution in [3.63, 3.8) is 0 Å². The standard InChI is InChI=1S/C10H16F3N3O3/c11-10(12,13)6-1-2-7(16-5-6)8(17)15-3-4-19-9(14)18/h6-7,16H,1-5H2,(H2,14,18)(H,15,17). The van der Waals surface area contributed by atoms with Crippen molar-refractivity contribution in [3.8, 4) is 0 Å². The van der Waals surface area contributed by atoms with Crippen molar-refractivity contribution in [2.24, 2.45) is 11.7 Å². The highest BCUT2D eigenvalue weighted by molar-refractivity contribution is 5.81. The second-order valence-electron chi connectivity index (χ2n) is 4.24. The van der Waals surface area contributed by atoms with Crippen LogP contribution >= 0.6 is 0 Å². The summed E-state index contributed by atoms with van der Waals surface area (Å²) in [6, 6.07) is -0.646. The Bertz CT molecular complexity index is 328. The van der Waals surface area contributed by atoms with Gasteiger partial charge in [0.25, 0.3) is 0 Å². The molecule has 110 valence electrons. The second kappa shape index (κ2) is 6.60. The van der Waals surface area contributed by atoms with Gasteiger partial charge in [-0.05, 0) is 12.8 Å². The maximum atomic E-state index is 12.4. The molecule has 1 aliphatic heterocycles. The van der Waals surface area contributed by atoms with Gasteiger partial charge >= 0.3 is 12.3 Å². The van der Waals surface area contributed by atoms with E-state index in [1.807, 2.05) is 0 Å². The van der Waals surface area contributed by atoms with Gasteiger partial charge in [0.2, 0.25) is 5.91 Å². The van der Waals surface area contributed by atoms with Crippen LogP contribution in [0.3, 0.4) is 0 Å². The molecule has 0 bridgehead atoms. The molecule has 0 aromatic rings. The van der Waals surface area contributed by atoms with E-state index in [4.69, 9.17) is 5.73 Å². The van der Waals surface area contributed by atoms with Gasteiger partial charge in [0, 0.05) is 6.54 Å². The molecule has 0 aromatic carbocycles. The lowest BCUT2D eigenvalue weighted by Gasteiger charge is -2.30. The van der Waals surface area contributed by atoms with Crippen LogP contribution in [0, 0.1) is 5.92 Å². The van der Waals surface area contributed by atoms with E-state index in [2.05, 4.69) is 15.4 Å². The zero-order valence-electron chi connectivity index (χ0n) is 10.1. The highest BCUT2D eigenvalue weighted by Gasteiger charge is 2.42. The lowest BCUT2D eigenvalue weighted by Crippen LogP contribution is -2.51. The number of nitrogens with two attached hydrogens (primary N) is 1. The Morgan fingerprint density at radius 2 is 2.05 bits per heavy atom. The predicted molar refractivity (Wildman–Crippen MR) is 59.1 cm³/mol. The number of hydrogen-bond donors (Lipinski definition) is 3. The van der Waals surface area contributed by atoms with Crippen LogP contribution in [-0.4, -0.2) is 43.9 Å². The van der Waals surface area contributed by atoms with Crippen LogP contribution in [0.2, 0.25) is 0 Å². The fourth-order valence-corrected chi connectivity index (χ4v) is 1.81. The maximum Gasteiger partial charge on any atom is 0.404 e. The maximum absolute atomic E-state index is 12.4. The fourth-order valence-electron chi connectivity index (χ4n) is 1.81. The Kier molecular flexibility index (Phi) is 5.40. The quantitative estimate of drug-likeness (QED) is 0.639. The summed E-state index contributed by atoms with van der Waals surface area (Å²) in [5.41, 5.74) is 4.72. The normalized spacial score (nSPS) is 23.7. The molecule has 0 spiro atoms. The first-order valence-corrected chi connectivity index (χ1v) is 5.80. The van der Waals surface area contributed by atoms with Crippen LogP contribution in [0.4, 0.5) is 18.0 Å². The number of halogens is 3. The zero-order valence-corrected chi connectivity index (χ0v) is 10.1. The minimum atomic E-state index is -4.23. The summed E-state index contributed by atoms with van der Waals surface area (Å²) in [7, 11) is 0. The molecule has 0 aromatic heterocycles. The fraction of sp³-hybridized carbons (Fsp3) is 0.800. The third-order valence-corrected chi connectivity index (χ3v) is 2.84. The number of piperidine rings is 1. The summed E-state index contributed by atoms with van der Waals surface area (Å²) < 4.78 is 41.6. The molecular weight excluding hydrogens is 267 g/mol. The smallest absolute Gasteiger partial charge is 0.404 e. The molecular formula is C10H16F3N3O3.